The number of para-hydroxylation sites is 1. The summed E-state index contributed by atoms with van der Waals surface area (Å²) in [6.07, 6.45) is -3.87. The summed E-state index contributed by atoms with van der Waals surface area (Å²) < 4.78 is 42.8. The van der Waals surface area contributed by atoms with Crippen LogP contribution in [0.3, 0.4) is 0 Å². The van der Waals surface area contributed by atoms with E-state index in [-0.39, 0.29) is 57.4 Å². The van der Waals surface area contributed by atoms with Gasteiger partial charge in [0.2, 0.25) is 5.91 Å². The molecule has 164 valence electrons. The lowest BCUT2D eigenvalue weighted by Gasteiger charge is -2.37. The van der Waals surface area contributed by atoms with Crippen molar-refractivity contribution in [1.29, 1.82) is 0 Å². The highest BCUT2D eigenvalue weighted by Gasteiger charge is 2.48. The molecule has 1 saturated heterocycles. The first-order valence-electron chi connectivity index (χ1n) is 9.89. The average Bonchev–Trinajstić information content (AvgIpc) is 2.83. The Hall–Kier alpha value is -2.46. The molecule has 0 atom stereocenters. The second-order valence-electron chi connectivity index (χ2n) is 7.41. The van der Waals surface area contributed by atoms with Gasteiger partial charge in [-0.25, -0.2) is 4.79 Å². The van der Waals surface area contributed by atoms with E-state index in [4.69, 9.17) is 9.57 Å². The van der Waals surface area contributed by atoms with Gasteiger partial charge in [-0.05, 0) is 18.6 Å². The fourth-order valence-corrected chi connectivity index (χ4v) is 3.75. The van der Waals surface area contributed by atoms with E-state index in [1.165, 1.54) is 0 Å². The van der Waals surface area contributed by atoms with Gasteiger partial charge in [-0.2, -0.15) is 13.2 Å². The first-order chi connectivity index (χ1) is 14.2. The van der Waals surface area contributed by atoms with Crippen LogP contribution in [0.2, 0.25) is 0 Å². The van der Waals surface area contributed by atoms with Gasteiger partial charge in [-0.3, -0.25) is 14.4 Å². The van der Waals surface area contributed by atoms with Crippen molar-refractivity contribution in [3.05, 3.63) is 29.8 Å². The number of benzene rings is 1. The van der Waals surface area contributed by atoms with Crippen LogP contribution in [0.4, 0.5) is 18.9 Å². The molecule has 30 heavy (non-hydrogen) atoms. The fraction of sp³-hybridized carbons (Fsp3) is 0.550. The minimum Gasteiger partial charge on any atom is -0.369 e. The van der Waals surface area contributed by atoms with Crippen molar-refractivity contribution in [3.8, 4) is 0 Å². The Morgan fingerprint density at radius 1 is 1.10 bits per heavy atom. The smallest absolute Gasteiger partial charge is 0.369 e. The number of hydroxylamine groups is 3. The normalized spacial score (nSPS) is 19.2. The van der Waals surface area contributed by atoms with Crippen molar-refractivity contribution >= 4 is 23.3 Å². The van der Waals surface area contributed by atoms with Crippen molar-refractivity contribution in [2.24, 2.45) is 0 Å². The predicted octanol–water partition coefficient (Wildman–Crippen LogP) is 2.64. The van der Waals surface area contributed by atoms with Crippen LogP contribution in [0.1, 0.15) is 36.0 Å². The van der Waals surface area contributed by atoms with Crippen LogP contribution in [0.15, 0.2) is 24.3 Å². The van der Waals surface area contributed by atoms with E-state index in [1.807, 2.05) is 0 Å². The maximum Gasteiger partial charge on any atom is 0.497 e. The number of hydrogen-bond acceptors (Lipinski definition) is 5. The number of nitrogens with zero attached hydrogens (tertiary/aromatic N) is 2. The SMILES string of the molecule is O=C1CCC(=O)N(CCCC[N+]2(OC(=O)C(F)(F)F)CCOCC2)c2ccccc21. The van der Waals surface area contributed by atoms with Crippen LogP contribution in [0.25, 0.3) is 0 Å². The quantitative estimate of drug-likeness (QED) is 0.514. The molecule has 0 aromatic heterocycles. The van der Waals surface area contributed by atoms with Crippen LogP contribution in [0.5, 0.6) is 0 Å². The summed E-state index contributed by atoms with van der Waals surface area (Å²) in [6, 6.07) is 6.90. The van der Waals surface area contributed by atoms with Crippen molar-refractivity contribution in [3.63, 3.8) is 0 Å². The highest BCUT2D eigenvalue weighted by molar-refractivity contribution is 6.10. The van der Waals surface area contributed by atoms with E-state index < -0.39 is 16.8 Å². The summed E-state index contributed by atoms with van der Waals surface area (Å²) in [6.45, 7) is 1.20. The van der Waals surface area contributed by atoms with Crippen molar-refractivity contribution in [1.82, 2.24) is 0 Å². The van der Waals surface area contributed by atoms with Crippen LogP contribution in [-0.2, 0) is 19.2 Å². The standard InChI is InChI=1S/C20H24F3N2O5/c21-20(22,23)19(28)30-25(11-13-29-14-12-25)10-4-3-9-24-16-6-2-1-5-15(16)17(26)7-8-18(24)27/h1-2,5-6H,3-4,7-14H2/q+1. The molecule has 0 saturated carbocycles. The Bertz CT molecular complexity index is 806. The molecule has 10 heteroatoms. The van der Waals surface area contributed by atoms with Crippen LogP contribution in [0, 0.1) is 0 Å². The van der Waals surface area contributed by atoms with E-state index in [0.717, 1.165) is 0 Å². The summed E-state index contributed by atoms with van der Waals surface area (Å²) in [7, 11) is 0. The molecule has 0 N–H and O–H groups in total. The monoisotopic (exact) mass is 429 g/mol. The molecule has 7 nitrogen and oxygen atoms in total. The number of quaternary nitrogens is 1. The van der Waals surface area contributed by atoms with E-state index in [9.17, 15) is 27.6 Å². The van der Waals surface area contributed by atoms with E-state index in [0.29, 0.717) is 30.6 Å². The number of carbonyl (C=O) groups excluding carboxylic acids is 3. The summed E-state index contributed by atoms with van der Waals surface area (Å²) in [4.78, 5) is 42.5. The molecule has 0 spiro atoms. The number of carbonyl (C=O) groups is 3. The highest BCUT2D eigenvalue weighted by Crippen LogP contribution is 2.28. The molecule has 2 heterocycles. The van der Waals surface area contributed by atoms with Gasteiger partial charge in [0.05, 0.1) is 18.9 Å². The molecule has 1 aromatic rings. The molecule has 1 fully saturated rings. The summed E-state index contributed by atoms with van der Waals surface area (Å²) in [5, 5.41) is 0. The number of halogens is 3. The molecule has 1 aromatic carbocycles. The van der Waals surface area contributed by atoms with Crippen LogP contribution < -0.4 is 4.90 Å². The molecule has 2 aliphatic rings. The lowest BCUT2D eigenvalue weighted by Crippen LogP contribution is -2.57. The van der Waals surface area contributed by atoms with Gasteiger partial charge in [0, 0.05) is 31.4 Å². The third-order valence-electron chi connectivity index (χ3n) is 5.35. The van der Waals surface area contributed by atoms with Crippen molar-refractivity contribution < 1.29 is 41.8 Å². The van der Waals surface area contributed by atoms with Crippen molar-refractivity contribution in [2.75, 3.05) is 44.3 Å². The zero-order valence-electron chi connectivity index (χ0n) is 16.5. The molecular formula is C20H24F3N2O5+. The van der Waals surface area contributed by atoms with Gasteiger partial charge >= 0.3 is 12.1 Å². The van der Waals surface area contributed by atoms with Gasteiger partial charge in [-0.15, -0.1) is 4.65 Å². The number of anilines is 1. The summed E-state index contributed by atoms with van der Waals surface area (Å²) in [5.74, 6) is -2.45. The number of ketones is 1. The van der Waals surface area contributed by atoms with Gasteiger partial charge in [0.25, 0.3) is 0 Å². The second kappa shape index (κ2) is 9.13. The van der Waals surface area contributed by atoms with Gasteiger partial charge in [0.15, 0.2) is 5.78 Å². The van der Waals surface area contributed by atoms with Gasteiger partial charge < -0.3 is 9.64 Å². The molecule has 1 amide bonds. The third-order valence-corrected chi connectivity index (χ3v) is 5.35. The maximum atomic E-state index is 12.7. The number of unbranched alkanes of at least 4 members (excludes halogenated alkanes) is 1. The molecule has 0 unspecified atom stereocenters. The first-order valence-corrected chi connectivity index (χ1v) is 9.89. The van der Waals surface area contributed by atoms with Crippen molar-refractivity contribution in [2.45, 2.75) is 31.9 Å². The number of amides is 1. The number of morpholine rings is 1. The minimum atomic E-state index is -5.06. The van der Waals surface area contributed by atoms with Gasteiger partial charge in [0.1, 0.15) is 19.6 Å². The fourth-order valence-electron chi connectivity index (χ4n) is 3.75. The Labute approximate surface area is 171 Å². The Balaban J connectivity index is 1.63. The molecule has 2 aliphatic heterocycles. The highest BCUT2D eigenvalue weighted by atomic mass is 19.4. The number of alkyl halides is 3. The number of fused-ring (bicyclic) bond motifs is 1. The van der Waals surface area contributed by atoms with E-state index in [2.05, 4.69) is 0 Å². The Morgan fingerprint density at radius 2 is 1.80 bits per heavy atom. The Kier molecular flexibility index (Phi) is 6.77. The maximum absolute atomic E-state index is 12.7. The predicted molar refractivity (Wildman–Crippen MR) is 99.4 cm³/mol. The zero-order chi connectivity index (χ0) is 21.8. The number of Topliss-reactive ketones (excluding diaryl/α,β-unsaturated/α-hetero) is 1. The lowest BCUT2D eigenvalue weighted by molar-refractivity contribution is -1.09. The van der Waals surface area contributed by atoms with E-state index in [1.54, 1.807) is 29.2 Å². The zero-order valence-corrected chi connectivity index (χ0v) is 16.5. The topological polar surface area (TPSA) is 72.9 Å². The summed E-state index contributed by atoms with van der Waals surface area (Å²) >= 11 is 0. The van der Waals surface area contributed by atoms with Gasteiger partial charge in [-0.1, -0.05) is 12.1 Å². The second-order valence-corrected chi connectivity index (χ2v) is 7.41. The third kappa shape index (κ3) is 5.17. The van der Waals surface area contributed by atoms with E-state index >= 15 is 0 Å². The first kappa shape index (κ1) is 22.2. The van der Waals surface area contributed by atoms with Crippen LogP contribution in [-0.4, -0.2) is 67.9 Å². The Morgan fingerprint density at radius 3 is 2.50 bits per heavy atom. The molecule has 3 rings (SSSR count). The molecule has 0 bridgehead atoms. The number of rotatable bonds is 6. The lowest BCUT2D eigenvalue weighted by atomic mass is 10.1. The number of ether oxygens (including phenoxy) is 1. The summed E-state index contributed by atoms with van der Waals surface area (Å²) in [5.41, 5.74) is 1.06. The van der Waals surface area contributed by atoms with Crippen LogP contribution >= 0.6 is 0 Å². The number of hydrogen-bond donors (Lipinski definition) is 0. The minimum absolute atomic E-state index is 0.0849. The molecular weight excluding hydrogens is 405 g/mol. The molecule has 0 aliphatic carbocycles. The average molecular weight is 429 g/mol. The largest absolute Gasteiger partial charge is 0.497 e. The molecule has 0 radical (unpaired) electrons.